The number of hydrogen-bond donors (Lipinski definition) is 0. The molecule has 3 aliphatic rings. The van der Waals surface area contributed by atoms with E-state index in [0.717, 1.165) is 75.6 Å². The Bertz CT molecular complexity index is 1730. The Hall–Kier alpha value is -4.75. The van der Waals surface area contributed by atoms with E-state index in [1.165, 1.54) is 57.4 Å². The van der Waals surface area contributed by atoms with Crippen molar-refractivity contribution in [2.75, 3.05) is 6.54 Å². The maximum Gasteiger partial charge on any atom is 0.0646 e. The molecule has 1 heteroatoms. The summed E-state index contributed by atoms with van der Waals surface area (Å²) in [7, 11) is 0. The Morgan fingerprint density at radius 2 is 1.74 bits per heavy atom. The molecule has 0 amide bonds. The monoisotopic (exact) mass is 704 g/mol. The molecule has 0 radical (unpaired) electrons. The lowest BCUT2D eigenvalue weighted by atomic mass is 9.87. The first kappa shape index (κ1) is 42.7. The Morgan fingerprint density at radius 3 is 2.42 bits per heavy atom. The largest absolute Gasteiger partial charge is 0.284 e. The van der Waals surface area contributed by atoms with Crippen molar-refractivity contribution in [2.45, 2.75) is 98.3 Å². The minimum absolute atomic E-state index is 0.384. The average molecular weight is 704 g/mol. The lowest BCUT2D eigenvalue weighted by molar-refractivity contribution is 0.773. The van der Waals surface area contributed by atoms with Crippen molar-refractivity contribution < 1.29 is 0 Å². The van der Waals surface area contributed by atoms with Crippen molar-refractivity contribution >= 4 is 5.71 Å². The summed E-state index contributed by atoms with van der Waals surface area (Å²) in [5.41, 5.74) is 12.5. The maximum absolute atomic E-state index is 5.19. The molecule has 0 spiro atoms. The van der Waals surface area contributed by atoms with Crippen LogP contribution in [0, 0.1) is 5.92 Å². The summed E-state index contributed by atoms with van der Waals surface area (Å²) in [6.45, 7) is 22.1. The molecule has 0 heterocycles. The number of aliphatic imine (C=N–C) groups is 1. The van der Waals surface area contributed by atoms with Gasteiger partial charge in [-0.3, -0.25) is 4.99 Å². The third-order valence-corrected chi connectivity index (χ3v) is 9.75. The zero-order chi connectivity index (χ0) is 38.1. The fourth-order valence-corrected chi connectivity index (χ4v) is 6.58. The summed E-state index contributed by atoms with van der Waals surface area (Å²) in [4.78, 5) is 5.19. The van der Waals surface area contributed by atoms with Crippen molar-refractivity contribution in [3.8, 4) is 0 Å². The molecule has 0 N–H and O–H groups in total. The normalized spacial score (nSPS) is 22.9. The van der Waals surface area contributed by atoms with Crippen LogP contribution in [0.25, 0.3) is 0 Å². The van der Waals surface area contributed by atoms with Crippen molar-refractivity contribution in [3.05, 3.63) is 204 Å². The quantitative estimate of drug-likeness (QED) is 0.0721. The molecule has 3 rings (SSSR count). The molecule has 1 atom stereocenters. The minimum Gasteiger partial charge on any atom is -0.284 e. The van der Waals surface area contributed by atoms with Crippen LogP contribution >= 0.6 is 0 Å². The molecule has 53 heavy (non-hydrogen) atoms. The van der Waals surface area contributed by atoms with Gasteiger partial charge < -0.3 is 0 Å². The van der Waals surface area contributed by atoms with E-state index in [1.807, 2.05) is 18.2 Å². The van der Waals surface area contributed by atoms with E-state index in [4.69, 9.17) is 4.99 Å². The maximum atomic E-state index is 5.19. The van der Waals surface area contributed by atoms with Crippen molar-refractivity contribution in [1.82, 2.24) is 0 Å². The second-order valence-corrected chi connectivity index (χ2v) is 13.8. The molecule has 0 bridgehead atoms. The molecule has 0 aromatic heterocycles. The van der Waals surface area contributed by atoms with Crippen LogP contribution in [0.15, 0.2) is 209 Å². The Kier molecular flexibility index (Phi) is 20.3. The van der Waals surface area contributed by atoms with Gasteiger partial charge in [-0.25, -0.2) is 0 Å². The second kappa shape index (κ2) is 25.3. The third-order valence-electron chi connectivity index (χ3n) is 9.75. The standard InChI is InChI=1S/C52H65N/c1-8-13-20-33-50-41-49(32-21-16-17-25-34-51(50)42(6)27-14-9-2)45(12-5)29-24-19-26-39-53-52(40-43(7)46-30-22-18-23-31-46)48-37-35-47(36-38-48)44(11-4)28-15-10-3/h9,11,14,16-19,21-22,24-25,27-30,32-35,37-38,40,47H,2,4,6,8,10,12-13,15,20,23,26,31,36,39,41H2,1,3,5,7H3/b21-16-,24-19-,25-17+,27-14-,43-40+,44-28+,45-29+,49-32-,50-33+,51-34+,53-52?. The number of nitrogens with zero attached hydrogens (tertiary/aromatic N) is 1. The summed E-state index contributed by atoms with van der Waals surface area (Å²) in [6, 6.07) is 0. The number of allylic oxidation sites excluding steroid dienone is 30. The molecule has 0 saturated carbocycles. The van der Waals surface area contributed by atoms with Crippen LogP contribution in [0.5, 0.6) is 0 Å². The van der Waals surface area contributed by atoms with Crippen LogP contribution in [0.3, 0.4) is 0 Å². The fraction of sp³-hybridized carbons (Fsp3) is 0.327. The van der Waals surface area contributed by atoms with E-state index in [9.17, 15) is 0 Å². The van der Waals surface area contributed by atoms with Gasteiger partial charge in [-0.05, 0) is 115 Å². The highest BCUT2D eigenvalue weighted by Crippen LogP contribution is 2.32. The Morgan fingerprint density at radius 1 is 0.925 bits per heavy atom. The van der Waals surface area contributed by atoms with Gasteiger partial charge in [0.15, 0.2) is 0 Å². The highest BCUT2D eigenvalue weighted by Gasteiger charge is 2.15. The summed E-state index contributed by atoms with van der Waals surface area (Å²) < 4.78 is 0. The average Bonchev–Trinajstić information content (AvgIpc) is 3.19. The SMILES string of the molecule is C=C/C=C\C(=C)/C1=C\C=C\C=C/C=C(\C(=C\C=C/CCN=C(/C=C(\C)C2=CC=CCC2)C2=CCC(/C(C=C)=C/CCC)C=C2)CC)C\C1=C/CCCC. The lowest BCUT2D eigenvalue weighted by Crippen LogP contribution is -2.08. The van der Waals surface area contributed by atoms with Gasteiger partial charge in [0.25, 0.3) is 0 Å². The molecule has 3 aliphatic carbocycles. The first-order valence-corrected chi connectivity index (χ1v) is 20.0. The number of unbranched alkanes of at least 4 members (excludes halogenated alkanes) is 3. The van der Waals surface area contributed by atoms with Crippen LogP contribution in [0.1, 0.15) is 98.3 Å². The Labute approximate surface area is 324 Å². The fourth-order valence-electron chi connectivity index (χ4n) is 6.58. The highest BCUT2D eigenvalue weighted by atomic mass is 14.7. The predicted octanol–water partition coefficient (Wildman–Crippen LogP) is 15.1. The van der Waals surface area contributed by atoms with E-state index in [0.29, 0.717) is 5.92 Å². The zero-order valence-corrected chi connectivity index (χ0v) is 33.3. The lowest BCUT2D eigenvalue weighted by Gasteiger charge is -2.18. The third kappa shape index (κ3) is 15.0. The van der Waals surface area contributed by atoms with Gasteiger partial charge in [0.2, 0.25) is 0 Å². The van der Waals surface area contributed by atoms with Crippen LogP contribution in [-0.4, -0.2) is 12.3 Å². The van der Waals surface area contributed by atoms with Crippen molar-refractivity contribution in [1.29, 1.82) is 0 Å². The van der Waals surface area contributed by atoms with Gasteiger partial charge in [-0.1, -0.05) is 187 Å². The summed E-state index contributed by atoms with van der Waals surface area (Å²) >= 11 is 0. The van der Waals surface area contributed by atoms with E-state index >= 15 is 0 Å². The molecule has 1 unspecified atom stereocenters. The smallest absolute Gasteiger partial charge is 0.0646 e. The van der Waals surface area contributed by atoms with Crippen molar-refractivity contribution in [2.24, 2.45) is 10.9 Å². The summed E-state index contributed by atoms with van der Waals surface area (Å²) in [6.07, 6.45) is 59.8. The summed E-state index contributed by atoms with van der Waals surface area (Å²) in [5.74, 6) is 0.384. The first-order valence-electron chi connectivity index (χ1n) is 20.0. The molecular weight excluding hydrogens is 639 g/mol. The van der Waals surface area contributed by atoms with E-state index in [2.05, 4.69) is 163 Å². The molecule has 0 aromatic rings. The first-order chi connectivity index (χ1) is 25.9. The highest BCUT2D eigenvalue weighted by molar-refractivity contribution is 6.11. The molecule has 278 valence electrons. The molecule has 0 aromatic carbocycles. The number of hydrogen-bond acceptors (Lipinski definition) is 1. The Balaban J connectivity index is 1.83. The molecule has 0 saturated heterocycles. The molecule has 1 nitrogen and oxygen atoms in total. The van der Waals surface area contributed by atoms with E-state index < -0.39 is 0 Å². The number of rotatable bonds is 19. The predicted molar refractivity (Wildman–Crippen MR) is 238 cm³/mol. The van der Waals surface area contributed by atoms with E-state index in [1.54, 1.807) is 0 Å². The molecule has 0 aliphatic heterocycles. The minimum atomic E-state index is 0.384. The van der Waals surface area contributed by atoms with Gasteiger partial charge in [-0.15, -0.1) is 0 Å². The van der Waals surface area contributed by atoms with E-state index in [-0.39, 0.29) is 0 Å². The van der Waals surface area contributed by atoms with Gasteiger partial charge in [-0.2, -0.15) is 0 Å². The second-order valence-electron chi connectivity index (χ2n) is 13.8. The molecular formula is C52H65N. The topological polar surface area (TPSA) is 12.4 Å². The van der Waals surface area contributed by atoms with Gasteiger partial charge in [0, 0.05) is 12.5 Å². The summed E-state index contributed by atoms with van der Waals surface area (Å²) in [5, 5.41) is 0. The van der Waals surface area contributed by atoms with Crippen molar-refractivity contribution in [3.63, 3.8) is 0 Å². The van der Waals surface area contributed by atoms with Gasteiger partial charge >= 0.3 is 0 Å². The zero-order valence-electron chi connectivity index (χ0n) is 33.3. The van der Waals surface area contributed by atoms with Gasteiger partial charge in [0.05, 0.1) is 5.71 Å². The van der Waals surface area contributed by atoms with Crippen LogP contribution in [-0.2, 0) is 0 Å². The van der Waals surface area contributed by atoms with Gasteiger partial charge in [0.1, 0.15) is 0 Å². The van der Waals surface area contributed by atoms with Crippen LogP contribution in [0.2, 0.25) is 0 Å². The molecule has 0 fully saturated rings. The van der Waals surface area contributed by atoms with Crippen LogP contribution < -0.4 is 0 Å². The van der Waals surface area contributed by atoms with Crippen LogP contribution in [0.4, 0.5) is 0 Å².